The Labute approximate surface area is 146 Å². The molecule has 24 heavy (non-hydrogen) atoms. The smallest absolute Gasteiger partial charge is 0.260 e. The summed E-state index contributed by atoms with van der Waals surface area (Å²) in [5.41, 5.74) is 16.0. The van der Waals surface area contributed by atoms with Crippen molar-refractivity contribution < 1.29 is 4.79 Å². The van der Waals surface area contributed by atoms with Gasteiger partial charge < -0.3 is 11.5 Å². The van der Waals surface area contributed by atoms with Gasteiger partial charge in [0.15, 0.2) is 0 Å². The van der Waals surface area contributed by atoms with Crippen LogP contribution in [0, 0.1) is 0 Å². The molecule has 0 aliphatic carbocycles. The molecule has 0 saturated carbocycles. The van der Waals surface area contributed by atoms with E-state index in [0.717, 1.165) is 32.6 Å². The number of hydrogen-bond donors (Lipinski definition) is 2. The molecule has 0 aliphatic rings. The predicted octanol–water partition coefficient (Wildman–Crippen LogP) is 4.37. The van der Waals surface area contributed by atoms with Crippen molar-refractivity contribution in [3.05, 3.63) is 58.1 Å². The first-order chi connectivity index (χ1) is 11.6. The molecule has 0 spiro atoms. The first kappa shape index (κ1) is 14.9. The maximum Gasteiger partial charge on any atom is 0.260 e. The molecule has 0 atom stereocenters. The van der Waals surface area contributed by atoms with E-state index in [1.807, 2.05) is 47.8 Å². The average Bonchev–Trinajstić information content (AvgIpc) is 3.23. The monoisotopic (exact) mass is 351 g/mol. The average molecular weight is 351 g/mol. The number of hydrogen-bond acceptors (Lipinski definition) is 5. The molecule has 1 amide bonds. The van der Waals surface area contributed by atoms with Crippen molar-refractivity contribution in [2.75, 3.05) is 5.73 Å². The van der Waals surface area contributed by atoms with E-state index < -0.39 is 5.91 Å². The summed E-state index contributed by atoms with van der Waals surface area (Å²) in [6.45, 7) is 0. The lowest BCUT2D eigenvalue weighted by Gasteiger charge is -2.07. The van der Waals surface area contributed by atoms with Crippen LogP contribution < -0.4 is 11.5 Å². The molecule has 0 radical (unpaired) electrons. The number of fused-ring (bicyclic) bond motifs is 1. The van der Waals surface area contributed by atoms with Crippen LogP contribution in [0.2, 0.25) is 0 Å². The summed E-state index contributed by atoms with van der Waals surface area (Å²) in [5.74, 6) is -0.520. The molecule has 0 unspecified atom stereocenters. The second kappa shape index (κ2) is 5.74. The van der Waals surface area contributed by atoms with Gasteiger partial charge in [-0.3, -0.25) is 4.79 Å². The Hall–Kier alpha value is -2.70. The van der Waals surface area contributed by atoms with Gasteiger partial charge in [0.25, 0.3) is 5.91 Å². The Morgan fingerprint density at radius 3 is 2.54 bits per heavy atom. The van der Waals surface area contributed by atoms with Crippen LogP contribution in [-0.2, 0) is 0 Å². The van der Waals surface area contributed by atoms with E-state index in [1.165, 1.54) is 11.3 Å². The molecule has 1 aromatic carbocycles. The third-order valence-corrected chi connectivity index (χ3v) is 5.62. The molecule has 4 aromatic rings. The SMILES string of the molecule is NC(=O)c1sc2nc(-c3ccccc3)cc(-c3ccsc3)c2c1N. The van der Waals surface area contributed by atoms with Gasteiger partial charge in [0.1, 0.15) is 9.71 Å². The molecule has 118 valence electrons. The minimum Gasteiger partial charge on any atom is -0.397 e. The zero-order chi connectivity index (χ0) is 16.7. The molecule has 4 nitrogen and oxygen atoms in total. The number of anilines is 1. The van der Waals surface area contributed by atoms with Gasteiger partial charge >= 0.3 is 0 Å². The van der Waals surface area contributed by atoms with Gasteiger partial charge in [0.05, 0.1) is 11.4 Å². The van der Waals surface area contributed by atoms with Crippen molar-refractivity contribution in [1.82, 2.24) is 4.98 Å². The van der Waals surface area contributed by atoms with Crippen LogP contribution in [-0.4, -0.2) is 10.9 Å². The number of nitrogen functional groups attached to an aromatic ring is 1. The Morgan fingerprint density at radius 1 is 1.08 bits per heavy atom. The van der Waals surface area contributed by atoms with Crippen molar-refractivity contribution in [2.24, 2.45) is 5.73 Å². The van der Waals surface area contributed by atoms with E-state index in [9.17, 15) is 4.79 Å². The standard InChI is InChI=1S/C18H13N3OS2/c19-15-14-12(11-6-7-23-9-11)8-13(10-4-2-1-3-5-10)21-18(14)24-16(15)17(20)22/h1-9H,19H2,(H2,20,22). The van der Waals surface area contributed by atoms with Crippen LogP contribution in [0.3, 0.4) is 0 Å². The molecule has 3 aromatic heterocycles. The van der Waals surface area contributed by atoms with E-state index in [0.29, 0.717) is 10.6 Å². The number of benzene rings is 1. The summed E-state index contributed by atoms with van der Waals surface area (Å²) in [6.07, 6.45) is 0. The number of primary amides is 1. The lowest BCUT2D eigenvalue weighted by Crippen LogP contribution is -2.10. The van der Waals surface area contributed by atoms with Crippen LogP contribution in [0.5, 0.6) is 0 Å². The summed E-state index contributed by atoms with van der Waals surface area (Å²) in [6, 6.07) is 14.0. The van der Waals surface area contributed by atoms with Gasteiger partial charge in [-0.1, -0.05) is 30.3 Å². The molecule has 4 rings (SSSR count). The van der Waals surface area contributed by atoms with E-state index in [1.54, 1.807) is 11.3 Å². The van der Waals surface area contributed by atoms with Crippen LogP contribution in [0.1, 0.15) is 9.67 Å². The third kappa shape index (κ3) is 2.36. The lowest BCUT2D eigenvalue weighted by molar-refractivity contribution is 0.100. The van der Waals surface area contributed by atoms with E-state index >= 15 is 0 Å². The van der Waals surface area contributed by atoms with E-state index in [2.05, 4.69) is 5.38 Å². The lowest BCUT2D eigenvalue weighted by atomic mass is 10.0. The third-order valence-electron chi connectivity index (χ3n) is 3.82. The van der Waals surface area contributed by atoms with Gasteiger partial charge in [0, 0.05) is 10.9 Å². The van der Waals surface area contributed by atoms with Crippen LogP contribution in [0.25, 0.3) is 32.6 Å². The maximum absolute atomic E-state index is 11.7. The number of nitrogens with zero attached hydrogens (tertiary/aromatic N) is 1. The molecular weight excluding hydrogens is 338 g/mol. The Bertz CT molecular complexity index is 1040. The fourth-order valence-corrected chi connectivity index (χ4v) is 4.33. The summed E-state index contributed by atoms with van der Waals surface area (Å²) < 4.78 is 0. The fraction of sp³-hybridized carbons (Fsp3) is 0. The van der Waals surface area contributed by atoms with Crippen molar-refractivity contribution >= 4 is 44.5 Å². The van der Waals surface area contributed by atoms with Gasteiger partial charge in [-0.15, -0.1) is 11.3 Å². The second-order valence-electron chi connectivity index (χ2n) is 5.32. The van der Waals surface area contributed by atoms with Crippen LogP contribution in [0.4, 0.5) is 5.69 Å². The maximum atomic E-state index is 11.7. The van der Waals surface area contributed by atoms with Gasteiger partial charge in [0.2, 0.25) is 0 Å². The van der Waals surface area contributed by atoms with Crippen molar-refractivity contribution in [3.8, 4) is 22.4 Å². The molecule has 0 aliphatic heterocycles. The van der Waals surface area contributed by atoms with Crippen molar-refractivity contribution in [2.45, 2.75) is 0 Å². The summed E-state index contributed by atoms with van der Waals surface area (Å²) >= 11 is 2.86. The number of carbonyl (C=O) groups excluding carboxylic acids is 1. The Morgan fingerprint density at radius 2 is 1.88 bits per heavy atom. The molecule has 0 fully saturated rings. The van der Waals surface area contributed by atoms with E-state index in [4.69, 9.17) is 16.5 Å². The molecule has 4 N–H and O–H groups in total. The second-order valence-corrected chi connectivity index (χ2v) is 7.10. The summed E-state index contributed by atoms with van der Waals surface area (Å²) in [7, 11) is 0. The number of aromatic nitrogens is 1. The molecule has 3 heterocycles. The summed E-state index contributed by atoms with van der Waals surface area (Å²) in [5, 5.41) is 4.87. The highest BCUT2D eigenvalue weighted by Gasteiger charge is 2.20. The Balaban J connectivity index is 2.07. The largest absolute Gasteiger partial charge is 0.397 e. The molecule has 0 saturated heterocycles. The topological polar surface area (TPSA) is 82.0 Å². The first-order valence-corrected chi connectivity index (χ1v) is 9.02. The molecular formula is C18H13N3OS2. The van der Waals surface area contributed by atoms with Crippen LogP contribution in [0.15, 0.2) is 53.2 Å². The predicted molar refractivity (Wildman–Crippen MR) is 101 cm³/mol. The Kier molecular flexibility index (Phi) is 3.55. The number of rotatable bonds is 3. The number of thiophene rings is 2. The fourth-order valence-electron chi connectivity index (χ4n) is 2.71. The highest BCUT2D eigenvalue weighted by Crippen LogP contribution is 2.41. The highest BCUT2D eigenvalue weighted by atomic mass is 32.1. The minimum atomic E-state index is -0.520. The van der Waals surface area contributed by atoms with E-state index in [-0.39, 0.29) is 0 Å². The number of nitrogens with two attached hydrogens (primary N) is 2. The molecule has 6 heteroatoms. The number of amides is 1. The van der Waals surface area contributed by atoms with Crippen LogP contribution >= 0.6 is 22.7 Å². The highest BCUT2D eigenvalue weighted by molar-refractivity contribution is 7.21. The zero-order valence-electron chi connectivity index (χ0n) is 12.5. The zero-order valence-corrected chi connectivity index (χ0v) is 14.2. The number of pyridine rings is 1. The van der Waals surface area contributed by atoms with Crippen molar-refractivity contribution in [3.63, 3.8) is 0 Å². The number of carbonyl (C=O) groups is 1. The van der Waals surface area contributed by atoms with Gasteiger partial charge in [-0.2, -0.15) is 11.3 Å². The van der Waals surface area contributed by atoms with Gasteiger partial charge in [-0.25, -0.2) is 4.98 Å². The summed E-state index contributed by atoms with van der Waals surface area (Å²) in [4.78, 5) is 17.5. The minimum absolute atomic E-state index is 0.360. The quantitative estimate of drug-likeness (QED) is 0.575. The molecule has 0 bridgehead atoms. The van der Waals surface area contributed by atoms with Gasteiger partial charge in [-0.05, 0) is 34.0 Å². The van der Waals surface area contributed by atoms with Crippen molar-refractivity contribution in [1.29, 1.82) is 0 Å². The first-order valence-electron chi connectivity index (χ1n) is 7.26. The normalized spacial score (nSPS) is 11.0.